The van der Waals surface area contributed by atoms with Gasteiger partial charge in [0.2, 0.25) is 0 Å². The molecule has 0 aromatic heterocycles. The Balaban J connectivity index is 1.07. The van der Waals surface area contributed by atoms with Gasteiger partial charge in [-0.15, -0.1) is 0 Å². The average Bonchev–Trinajstić information content (AvgIpc) is 3.20. The molecular formula is C36H44N2O3. The molecule has 2 aliphatic heterocycles. The van der Waals surface area contributed by atoms with E-state index in [-0.39, 0.29) is 11.8 Å². The van der Waals surface area contributed by atoms with Gasteiger partial charge in [-0.2, -0.15) is 0 Å². The van der Waals surface area contributed by atoms with E-state index in [0.29, 0.717) is 12.0 Å². The van der Waals surface area contributed by atoms with Crippen LogP contribution in [0.5, 0.6) is 0 Å². The lowest BCUT2D eigenvalue weighted by Crippen LogP contribution is -2.33. The van der Waals surface area contributed by atoms with Crippen LogP contribution in [0, 0.1) is 12.8 Å². The van der Waals surface area contributed by atoms with Crippen LogP contribution in [-0.2, 0) is 30.7 Å². The summed E-state index contributed by atoms with van der Waals surface area (Å²) in [7, 11) is 1.43. The Kier molecular flexibility index (Phi) is 10.0. The zero-order chi connectivity index (χ0) is 28.6. The number of ether oxygens (including phenoxy) is 1. The fourth-order valence-corrected chi connectivity index (χ4v) is 6.47. The van der Waals surface area contributed by atoms with Crippen molar-refractivity contribution in [1.82, 2.24) is 9.80 Å². The minimum absolute atomic E-state index is 0.276. The molecule has 3 aromatic carbocycles. The van der Waals surface area contributed by atoms with Crippen LogP contribution < -0.4 is 0 Å². The lowest BCUT2D eigenvalue weighted by atomic mass is 9.90. The largest absolute Gasteiger partial charge is 0.465 e. The molecule has 1 fully saturated rings. The number of ketones is 1. The predicted octanol–water partition coefficient (Wildman–Crippen LogP) is 6.65. The highest BCUT2D eigenvalue weighted by Gasteiger charge is 2.21. The van der Waals surface area contributed by atoms with Gasteiger partial charge in [0.05, 0.1) is 12.7 Å². The van der Waals surface area contributed by atoms with Gasteiger partial charge in [-0.3, -0.25) is 14.6 Å². The Morgan fingerprint density at radius 3 is 2.22 bits per heavy atom. The van der Waals surface area contributed by atoms with Gasteiger partial charge in [0.1, 0.15) is 0 Å². The molecule has 0 spiro atoms. The van der Waals surface area contributed by atoms with Gasteiger partial charge >= 0.3 is 5.97 Å². The maximum absolute atomic E-state index is 13.1. The van der Waals surface area contributed by atoms with E-state index >= 15 is 0 Å². The summed E-state index contributed by atoms with van der Waals surface area (Å²) in [4.78, 5) is 30.3. The lowest BCUT2D eigenvalue weighted by molar-refractivity contribution is 0.0598. The fourth-order valence-electron chi connectivity index (χ4n) is 6.47. The van der Waals surface area contributed by atoms with E-state index in [1.807, 2.05) is 30.3 Å². The number of likely N-dealkylation sites (tertiary alicyclic amines) is 1. The molecule has 0 atom stereocenters. The van der Waals surface area contributed by atoms with Crippen LogP contribution in [0.15, 0.2) is 66.7 Å². The zero-order valence-corrected chi connectivity index (χ0v) is 24.7. The van der Waals surface area contributed by atoms with Crippen molar-refractivity contribution in [2.75, 3.05) is 33.3 Å². The van der Waals surface area contributed by atoms with Crippen molar-refractivity contribution in [2.24, 2.45) is 5.92 Å². The number of carbonyl (C=O) groups is 2. The monoisotopic (exact) mass is 552 g/mol. The molecule has 0 saturated carbocycles. The summed E-state index contributed by atoms with van der Waals surface area (Å²) < 4.78 is 4.98. The first-order valence-electron chi connectivity index (χ1n) is 15.3. The van der Waals surface area contributed by atoms with E-state index in [1.54, 1.807) is 0 Å². The van der Waals surface area contributed by atoms with Gasteiger partial charge < -0.3 is 4.74 Å². The molecule has 0 aliphatic carbocycles. The summed E-state index contributed by atoms with van der Waals surface area (Å²) in [6.45, 7) is 8.12. The van der Waals surface area contributed by atoms with Crippen molar-refractivity contribution in [3.63, 3.8) is 0 Å². The van der Waals surface area contributed by atoms with Crippen molar-refractivity contribution >= 4 is 11.8 Å². The normalized spacial score (nSPS) is 16.6. The van der Waals surface area contributed by atoms with Gasteiger partial charge in [0.15, 0.2) is 5.78 Å². The first-order chi connectivity index (χ1) is 20.0. The Hall–Kier alpha value is -3.28. The third-order valence-corrected chi connectivity index (χ3v) is 9.12. The van der Waals surface area contributed by atoms with E-state index in [1.165, 1.54) is 42.2 Å². The van der Waals surface area contributed by atoms with Crippen molar-refractivity contribution in [2.45, 2.75) is 65.0 Å². The average molecular weight is 553 g/mol. The lowest BCUT2D eigenvalue weighted by Gasteiger charge is -2.32. The molecule has 3 aromatic rings. The number of fused-ring (bicyclic) bond motifs is 1. The van der Waals surface area contributed by atoms with Crippen LogP contribution in [0.25, 0.3) is 0 Å². The molecule has 41 heavy (non-hydrogen) atoms. The maximum atomic E-state index is 13.1. The second-order valence-corrected chi connectivity index (χ2v) is 11.9. The number of hydrogen-bond donors (Lipinski definition) is 0. The standard InChI is InChI=1S/C36H44N2O3/c1-27-8-3-4-10-32(27)25-37-20-16-28(17-21-37)9-7-13-35(39)31-15-14-29-18-22-38(23-19-30(29)24-31)26-33-11-5-6-12-34(33)36(40)41-2/h3-6,8,10-12,14-15,24,28H,7,9,13,16-23,25-26H2,1-2H3. The summed E-state index contributed by atoms with van der Waals surface area (Å²) in [6.07, 6.45) is 7.10. The molecule has 0 unspecified atom stereocenters. The Morgan fingerprint density at radius 1 is 0.805 bits per heavy atom. The van der Waals surface area contributed by atoms with Gasteiger partial charge in [0, 0.05) is 38.2 Å². The van der Waals surface area contributed by atoms with Crippen LogP contribution in [0.4, 0.5) is 0 Å². The van der Waals surface area contributed by atoms with Gasteiger partial charge in [0.25, 0.3) is 0 Å². The van der Waals surface area contributed by atoms with E-state index in [9.17, 15) is 9.59 Å². The highest BCUT2D eigenvalue weighted by molar-refractivity contribution is 5.96. The summed E-state index contributed by atoms with van der Waals surface area (Å²) in [5.41, 5.74) is 7.94. The van der Waals surface area contributed by atoms with Gasteiger partial charge in [-0.25, -0.2) is 4.79 Å². The topological polar surface area (TPSA) is 49.9 Å². The highest BCUT2D eigenvalue weighted by Crippen LogP contribution is 2.26. The molecule has 2 aliphatic rings. The number of piperidine rings is 1. The minimum atomic E-state index is -0.287. The molecule has 0 N–H and O–H groups in total. The SMILES string of the molecule is COC(=O)c1ccccc1CN1CCc2ccc(C(=O)CCCC3CCN(Cc4ccccc4C)CC3)cc2CC1. The van der Waals surface area contributed by atoms with Crippen molar-refractivity contribution in [3.05, 3.63) is 106 Å². The van der Waals surface area contributed by atoms with Crippen molar-refractivity contribution in [3.8, 4) is 0 Å². The molecule has 5 nitrogen and oxygen atoms in total. The molecule has 0 bridgehead atoms. The van der Waals surface area contributed by atoms with E-state index in [0.717, 1.165) is 82.0 Å². The quantitative estimate of drug-likeness (QED) is 0.208. The highest BCUT2D eigenvalue weighted by atomic mass is 16.5. The predicted molar refractivity (Wildman–Crippen MR) is 164 cm³/mol. The number of hydrogen-bond acceptors (Lipinski definition) is 5. The van der Waals surface area contributed by atoms with Crippen molar-refractivity contribution < 1.29 is 14.3 Å². The minimum Gasteiger partial charge on any atom is -0.465 e. The van der Waals surface area contributed by atoms with Crippen LogP contribution in [0.1, 0.15) is 80.6 Å². The molecule has 216 valence electrons. The number of esters is 1. The van der Waals surface area contributed by atoms with Crippen LogP contribution >= 0.6 is 0 Å². The van der Waals surface area contributed by atoms with E-state index < -0.39 is 0 Å². The number of carbonyl (C=O) groups excluding carboxylic acids is 2. The first-order valence-corrected chi connectivity index (χ1v) is 15.3. The van der Waals surface area contributed by atoms with Gasteiger partial charge in [-0.1, -0.05) is 54.6 Å². The molecule has 2 heterocycles. The summed E-state index contributed by atoms with van der Waals surface area (Å²) >= 11 is 0. The molecule has 5 rings (SSSR count). The molecule has 1 saturated heterocycles. The molecule has 0 radical (unpaired) electrons. The zero-order valence-electron chi connectivity index (χ0n) is 24.7. The second kappa shape index (κ2) is 14.1. The Morgan fingerprint density at radius 2 is 1.46 bits per heavy atom. The van der Waals surface area contributed by atoms with Gasteiger partial charge in [-0.05, 0) is 104 Å². The van der Waals surface area contributed by atoms with Crippen molar-refractivity contribution in [1.29, 1.82) is 0 Å². The number of benzene rings is 3. The van der Waals surface area contributed by atoms with Crippen LogP contribution in [-0.4, -0.2) is 54.8 Å². The van der Waals surface area contributed by atoms with Crippen LogP contribution in [0.3, 0.4) is 0 Å². The third-order valence-electron chi connectivity index (χ3n) is 9.12. The maximum Gasteiger partial charge on any atom is 0.338 e. The summed E-state index contributed by atoms with van der Waals surface area (Å²) in [5, 5.41) is 0. The second-order valence-electron chi connectivity index (χ2n) is 11.9. The summed E-state index contributed by atoms with van der Waals surface area (Å²) in [5.74, 6) is 0.724. The molecule has 0 amide bonds. The number of methoxy groups -OCH3 is 1. The smallest absolute Gasteiger partial charge is 0.338 e. The number of aryl methyl sites for hydroxylation is 1. The number of rotatable bonds is 10. The Bertz CT molecular complexity index is 1340. The molecular weight excluding hydrogens is 508 g/mol. The van der Waals surface area contributed by atoms with E-state index in [2.05, 4.69) is 53.1 Å². The number of nitrogens with zero attached hydrogens (tertiary/aromatic N) is 2. The Labute approximate surface area is 245 Å². The first kappa shape index (κ1) is 29.2. The summed E-state index contributed by atoms with van der Waals surface area (Å²) in [6, 6.07) is 22.7. The number of Topliss-reactive ketones (excluding diaryl/α,β-unsaturated/α-hetero) is 1. The third kappa shape index (κ3) is 7.72. The van der Waals surface area contributed by atoms with E-state index in [4.69, 9.17) is 4.74 Å². The molecule has 5 heteroatoms. The fraction of sp³-hybridized carbons (Fsp3) is 0.444. The van der Waals surface area contributed by atoms with Crippen LogP contribution in [0.2, 0.25) is 0 Å².